The molecule has 0 aliphatic carbocycles. The second-order valence-corrected chi connectivity index (χ2v) is 6.60. The number of amides is 1. The van der Waals surface area contributed by atoms with E-state index < -0.39 is 0 Å². The Kier molecular flexibility index (Phi) is 9.76. The summed E-state index contributed by atoms with van der Waals surface area (Å²) in [5, 5.41) is 5.68. The zero-order chi connectivity index (χ0) is 21.8. The van der Waals surface area contributed by atoms with Crippen molar-refractivity contribution >= 4 is 34.9 Å². The maximum atomic E-state index is 12.4. The largest absolute Gasteiger partial charge is 0.491 e. The molecule has 30 heavy (non-hydrogen) atoms. The van der Waals surface area contributed by atoms with E-state index in [2.05, 4.69) is 10.6 Å². The van der Waals surface area contributed by atoms with Gasteiger partial charge in [-0.1, -0.05) is 13.0 Å². The van der Waals surface area contributed by atoms with Crippen LogP contribution in [0.4, 0.5) is 5.69 Å². The summed E-state index contributed by atoms with van der Waals surface area (Å²) < 4.78 is 15.9. The van der Waals surface area contributed by atoms with Gasteiger partial charge in [-0.25, -0.2) is 4.79 Å². The second-order valence-electron chi connectivity index (χ2n) is 6.19. The standard InChI is InChI=1S/C22H26N2O5S/c1-3-12-29-21(26)16-8-10-18(11-9-16)23-22(30)24-20(25)17-6-5-7-19(15-17)28-14-13-27-4-2/h5-11,15H,3-4,12-14H2,1-2H3,(H2,23,24,25,30). The summed E-state index contributed by atoms with van der Waals surface area (Å²) >= 11 is 5.20. The van der Waals surface area contributed by atoms with Gasteiger partial charge in [0.15, 0.2) is 5.11 Å². The van der Waals surface area contributed by atoms with Gasteiger partial charge in [-0.15, -0.1) is 0 Å². The number of ether oxygens (including phenoxy) is 3. The summed E-state index contributed by atoms with van der Waals surface area (Å²) in [6.45, 7) is 5.74. The maximum Gasteiger partial charge on any atom is 0.338 e. The fraction of sp³-hybridized carbons (Fsp3) is 0.318. The number of thiocarbonyl (C=S) groups is 1. The Bertz CT molecular complexity index is 855. The van der Waals surface area contributed by atoms with Gasteiger partial charge in [-0.3, -0.25) is 10.1 Å². The van der Waals surface area contributed by atoms with Crippen LogP contribution in [0.1, 0.15) is 41.0 Å². The minimum atomic E-state index is -0.373. The molecule has 0 saturated carbocycles. The molecule has 0 saturated heterocycles. The maximum absolute atomic E-state index is 12.4. The summed E-state index contributed by atoms with van der Waals surface area (Å²) in [6.07, 6.45) is 0.766. The monoisotopic (exact) mass is 430 g/mol. The lowest BCUT2D eigenvalue weighted by atomic mass is 10.2. The molecular weight excluding hydrogens is 404 g/mol. The van der Waals surface area contributed by atoms with Gasteiger partial charge in [0, 0.05) is 17.9 Å². The number of nitrogens with one attached hydrogen (secondary N) is 2. The number of rotatable bonds is 10. The van der Waals surface area contributed by atoms with Crippen molar-refractivity contribution in [3.8, 4) is 5.75 Å². The van der Waals surface area contributed by atoms with E-state index >= 15 is 0 Å². The average molecular weight is 431 g/mol. The molecule has 0 fully saturated rings. The lowest BCUT2D eigenvalue weighted by molar-refractivity contribution is 0.0505. The van der Waals surface area contributed by atoms with E-state index in [-0.39, 0.29) is 17.0 Å². The summed E-state index contributed by atoms with van der Waals surface area (Å²) in [5.74, 6) is -0.156. The number of hydrogen-bond donors (Lipinski definition) is 2. The number of benzene rings is 2. The molecule has 0 aromatic heterocycles. The van der Waals surface area contributed by atoms with Crippen molar-refractivity contribution < 1.29 is 23.8 Å². The van der Waals surface area contributed by atoms with Gasteiger partial charge in [0.05, 0.1) is 18.8 Å². The Balaban J connectivity index is 1.87. The molecule has 0 aliphatic heterocycles. The Morgan fingerprint density at radius 3 is 2.43 bits per heavy atom. The fourth-order valence-electron chi connectivity index (χ4n) is 2.40. The fourth-order valence-corrected chi connectivity index (χ4v) is 2.61. The lowest BCUT2D eigenvalue weighted by Gasteiger charge is -2.11. The topological polar surface area (TPSA) is 85.9 Å². The summed E-state index contributed by atoms with van der Waals surface area (Å²) in [6, 6.07) is 13.5. The van der Waals surface area contributed by atoms with E-state index in [1.807, 2.05) is 13.8 Å². The Labute approximate surface area is 181 Å². The third kappa shape index (κ3) is 7.81. The molecule has 0 bridgehead atoms. The first kappa shape index (κ1) is 23.3. The van der Waals surface area contributed by atoms with Crippen LogP contribution in [-0.2, 0) is 9.47 Å². The minimum Gasteiger partial charge on any atom is -0.491 e. The molecule has 0 unspecified atom stereocenters. The summed E-state index contributed by atoms with van der Waals surface area (Å²) in [5.41, 5.74) is 1.51. The smallest absolute Gasteiger partial charge is 0.338 e. The molecular formula is C22H26N2O5S. The van der Waals surface area contributed by atoms with Crippen LogP contribution in [0.5, 0.6) is 5.75 Å². The van der Waals surface area contributed by atoms with E-state index in [1.54, 1.807) is 48.5 Å². The van der Waals surface area contributed by atoms with Gasteiger partial charge in [0.25, 0.3) is 5.91 Å². The van der Waals surface area contributed by atoms with Gasteiger partial charge in [-0.2, -0.15) is 0 Å². The molecule has 7 nitrogen and oxygen atoms in total. The molecule has 0 spiro atoms. The second kappa shape index (κ2) is 12.6. The molecule has 0 aliphatic rings. The van der Waals surface area contributed by atoms with Crippen molar-refractivity contribution in [3.63, 3.8) is 0 Å². The van der Waals surface area contributed by atoms with Crippen LogP contribution in [0, 0.1) is 0 Å². The Morgan fingerprint density at radius 1 is 0.967 bits per heavy atom. The van der Waals surface area contributed by atoms with E-state index in [0.717, 1.165) is 6.42 Å². The van der Waals surface area contributed by atoms with E-state index in [1.165, 1.54) is 0 Å². The molecule has 2 aromatic rings. The first-order chi connectivity index (χ1) is 14.5. The Hall–Kier alpha value is -2.97. The highest BCUT2D eigenvalue weighted by atomic mass is 32.1. The van der Waals surface area contributed by atoms with Crippen LogP contribution in [0.15, 0.2) is 48.5 Å². The van der Waals surface area contributed by atoms with Crippen molar-refractivity contribution in [3.05, 3.63) is 59.7 Å². The van der Waals surface area contributed by atoms with Crippen molar-refractivity contribution in [1.82, 2.24) is 5.32 Å². The number of carbonyl (C=O) groups excluding carboxylic acids is 2. The Morgan fingerprint density at radius 2 is 1.73 bits per heavy atom. The normalized spacial score (nSPS) is 10.2. The predicted molar refractivity (Wildman–Crippen MR) is 119 cm³/mol. The molecule has 2 aromatic carbocycles. The van der Waals surface area contributed by atoms with Crippen LogP contribution in [-0.4, -0.2) is 43.4 Å². The van der Waals surface area contributed by atoms with Crippen molar-refractivity contribution in [2.45, 2.75) is 20.3 Å². The molecule has 8 heteroatoms. The molecule has 0 radical (unpaired) electrons. The number of carbonyl (C=O) groups is 2. The highest BCUT2D eigenvalue weighted by Gasteiger charge is 2.10. The van der Waals surface area contributed by atoms with Crippen molar-refractivity contribution in [1.29, 1.82) is 0 Å². The molecule has 2 rings (SSSR count). The van der Waals surface area contributed by atoms with Gasteiger partial charge < -0.3 is 19.5 Å². The first-order valence-corrected chi connectivity index (χ1v) is 10.1. The summed E-state index contributed by atoms with van der Waals surface area (Å²) in [4.78, 5) is 24.3. The molecule has 0 heterocycles. The van der Waals surface area contributed by atoms with Gasteiger partial charge in [0.1, 0.15) is 12.4 Å². The van der Waals surface area contributed by atoms with Crippen LogP contribution in [0.25, 0.3) is 0 Å². The average Bonchev–Trinajstić information content (AvgIpc) is 2.75. The number of hydrogen-bond acceptors (Lipinski definition) is 6. The van der Waals surface area contributed by atoms with E-state index in [0.29, 0.717) is 49.0 Å². The molecule has 160 valence electrons. The van der Waals surface area contributed by atoms with Crippen LogP contribution >= 0.6 is 12.2 Å². The highest BCUT2D eigenvalue weighted by molar-refractivity contribution is 7.80. The molecule has 0 atom stereocenters. The van der Waals surface area contributed by atoms with Gasteiger partial charge in [0.2, 0.25) is 0 Å². The minimum absolute atomic E-state index is 0.143. The quantitative estimate of drug-likeness (QED) is 0.337. The molecule has 1 amide bonds. The highest BCUT2D eigenvalue weighted by Crippen LogP contribution is 2.14. The number of anilines is 1. The molecule has 2 N–H and O–H groups in total. The number of esters is 1. The van der Waals surface area contributed by atoms with E-state index in [4.69, 9.17) is 26.4 Å². The summed E-state index contributed by atoms with van der Waals surface area (Å²) in [7, 11) is 0. The van der Waals surface area contributed by atoms with Crippen molar-refractivity contribution in [2.24, 2.45) is 0 Å². The lowest BCUT2D eigenvalue weighted by Crippen LogP contribution is -2.34. The zero-order valence-electron chi connectivity index (χ0n) is 17.1. The predicted octanol–water partition coefficient (Wildman–Crippen LogP) is 3.80. The van der Waals surface area contributed by atoms with Crippen LogP contribution < -0.4 is 15.4 Å². The van der Waals surface area contributed by atoms with Crippen LogP contribution in [0.3, 0.4) is 0 Å². The van der Waals surface area contributed by atoms with Gasteiger partial charge in [-0.05, 0) is 68.0 Å². The third-order valence-electron chi connectivity index (χ3n) is 3.84. The van der Waals surface area contributed by atoms with E-state index in [9.17, 15) is 9.59 Å². The first-order valence-electron chi connectivity index (χ1n) is 9.73. The SMILES string of the molecule is CCCOC(=O)c1ccc(NC(=S)NC(=O)c2cccc(OCCOCC)c2)cc1. The van der Waals surface area contributed by atoms with Crippen LogP contribution in [0.2, 0.25) is 0 Å². The zero-order valence-corrected chi connectivity index (χ0v) is 17.9. The third-order valence-corrected chi connectivity index (χ3v) is 4.04. The van der Waals surface area contributed by atoms with Crippen molar-refractivity contribution in [2.75, 3.05) is 31.7 Å². The van der Waals surface area contributed by atoms with Gasteiger partial charge >= 0.3 is 5.97 Å².